The normalized spacial score (nSPS) is 11.5. The van der Waals surface area contributed by atoms with Crippen LogP contribution < -0.4 is 11.1 Å². The van der Waals surface area contributed by atoms with E-state index >= 15 is 0 Å². The second kappa shape index (κ2) is 7.93. The standard InChI is InChI=1S/C15H12ClN3O6S/c1-7(13(21)18-14-10(12(17)20)4-5-26-14)25-15(22)9-3-2-8(19(23)24)6-11(9)16/h2-7H,1H3,(H2,17,20)(H,18,21). The highest BCUT2D eigenvalue weighted by atomic mass is 35.5. The molecule has 2 amide bonds. The quantitative estimate of drug-likeness (QED) is 0.435. The Bertz CT molecular complexity index is 897. The zero-order valence-corrected chi connectivity index (χ0v) is 14.8. The van der Waals surface area contributed by atoms with Crippen molar-refractivity contribution in [3.63, 3.8) is 0 Å². The number of nitrogens with two attached hydrogens (primary N) is 1. The third-order valence-corrected chi connectivity index (χ3v) is 4.35. The van der Waals surface area contributed by atoms with Crippen LogP contribution in [0.2, 0.25) is 5.02 Å². The number of amides is 2. The number of nitro groups is 1. The molecule has 0 bridgehead atoms. The molecule has 0 aliphatic rings. The van der Waals surface area contributed by atoms with Crippen molar-refractivity contribution < 1.29 is 24.0 Å². The minimum atomic E-state index is -1.21. The van der Waals surface area contributed by atoms with Gasteiger partial charge in [0.25, 0.3) is 17.5 Å². The fraction of sp³-hybridized carbons (Fsp3) is 0.133. The summed E-state index contributed by atoms with van der Waals surface area (Å²) in [6, 6.07) is 4.69. The summed E-state index contributed by atoms with van der Waals surface area (Å²) in [5, 5.41) is 14.8. The topological polar surface area (TPSA) is 142 Å². The molecule has 1 atom stereocenters. The minimum absolute atomic E-state index is 0.120. The van der Waals surface area contributed by atoms with Crippen LogP contribution in [-0.4, -0.2) is 28.8 Å². The molecule has 0 radical (unpaired) electrons. The van der Waals surface area contributed by atoms with Crippen molar-refractivity contribution in [1.82, 2.24) is 0 Å². The van der Waals surface area contributed by atoms with E-state index in [0.29, 0.717) is 0 Å². The first-order valence-electron chi connectivity index (χ1n) is 7.03. The molecule has 0 aliphatic carbocycles. The number of thiophene rings is 1. The number of hydrogen-bond donors (Lipinski definition) is 2. The Morgan fingerprint density at radius 2 is 2.00 bits per heavy atom. The van der Waals surface area contributed by atoms with E-state index in [9.17, 15) is 24.5 Å². The number of nitrogens with one attached hydrogen (secondary N) is 1. The number of carbonyl (C=O) groups excluding carboxylic acids is 3. The fourth-order valence-electron chi connectivity index (χ4n) is 1.87. The lowest BCUT2D eigenvalue weighted by Gasteiger charge is -2.13. The lowest BCUT2D eigenvalue weighted by atomic mass is 10.2. The number of non-ortho nitro benzene ring substituents is 1. The summed E-state index contributed by atoms with van der Waals surface area (Å²) in [6.07, 6.45) is -1.21. The molecule has 2 aromatic rings. The molecule has 0 fully saturated rings. The highest BCUT2D eigenvalue weighted by molar-refractivity contribution is 7.14. The molecule has 0 aliphatic heterocycles. The highest BCUT2D eigenvalue weighted by Crippen LogP contribution is 2.25. The van der Waals surface area contributed by atoms with Crippen molar-refractivity contribution in [2.75, 3.05) is 5.32 Å². The van der Waals surface area contributed by atoms with Gasteiger partial charge in [0.1, 0.15) is 5.00 Å². The average molecular weight is 398 g/mol. The van der Waals surface area contributed by atoms with Crippen LogP contribution in [0, 0.1) is 10.1 Å². The molecule has 9 nitrogen and oxygen atoms in total. The van der Waals surface area contributed by atoms with Crippen molar-refractivity contribution in [3.05, 3.63) is 55.9 Å². The monoisotopic (exact) mass is 397 g/mol. The zero-order valence-electron chi connectivity index (χ0n) is 13.2. The van der Waals surface area contributed by atoms with E-state index in [-0.39, 0.29) is 26.8 Å². The van der Waals surface area contributed by atoms with Gasteiger partial charge in [-0.3, -0.25) is 19.7 Å². The van der Waals surface area contributed by atoms with E-state index in [2.05, 4.69) is 5.32 Å². The summed E-state index contributed by atoms with van der Waals surface area (Å²) in [6.45, 7) is 1.32. The molecule has 0 saturated carbocycles. The molecule has 26 heavy (non-hydrogen) atoms. The Balaban J connectivity index is 2.06. The Morgan fingerprint density at radius 3 is 2.58 bits per heavy atom. The number of primary amides is 1. The number of nitrogens with zero attached hydrogens (tertiary/aromatic N) is 1. The van der Waals surface area contributed by atoms with Gasteiger partial charge in [0.05, 0.1) is 21.1 Å². The molecule has 3 N–H and O–H groups in total. The summed E-state index contributed by atoms with van der Waals surface area (Å²) < 4.78 is 5.01. The molecule has 2 rings (SSSR count). The van der Waals surface area contributed by atoms with E-state index in [1.165, 1.54) is 13.0 Å². The second-order valence-corrected chi connectivity index (χ2v) is 6.31. The molecule has 0 saturated heterocycles. The lowest BCUT2D eigenvalue weighted by molar-refractivity contribution is -0.384. The second-order valence-electron chi connectivity index (χ2n) is 4.99. The van der Waals surface area contributed by atoms with Gasteiger partial charge in [-0.15, -0.1) is 11.3 Å². The number of esters is 1. The molecule has 136 valence electrons. The smallest absolute Gasteiger partial charge is 0.340 e. The number of hydrogen-bond acceptors (Lipinski definition) is 7. The predicted octanol–water partition coefficient (Wildman–Crippen LogP) is 2.59. The number of rotatable bonds is 6. The largest absolute Gasteiger partial charge is 0.449 e. The summed E-state index contributed by atoms with van der Waals surface area (Å²) in [4.78, 5) is 45.5. The van der Waals surface area contributed by atoms with Crippen LogP contribution in [0.5, 0.6) is 0 Å². The molecule has 1 aromatic carbocycles. The first-order valence-corrected chi connectivity index (χ1v) is 8.29. The molecule has 1 aromatic heterocycles. The van der Waals surface area contributed by atoms with Gasteiger partial charge >= 0.3 is 5.97 Å². The SMILES string of the molecule is CC(OC(=O)c1ccc([N+](=O)[O-])cc1Cl)C(=O)Nc1sccc1C(N)=O. The van der Waals surface area contributed by atoms with Crippen molar-refractivity contribution in [1.29, 1.82) is 0 Å². The van der Waals surface area contributed by atoms with Crippen molar-refractivity contribution in [2.24, 2.45) is 5.73 Å². The maximum Gasteiger partial charge on any atom is 0.340 e. The van der Waals surface area contributed by atoms with E-state index in [1.54, 1.807) is 5.38 Å². The summed E-state index contributed by atoms with van der Waals surface area (Å²) in [5.41, 5.74) is 4.92. The first-order chi connectivity index (χ1) is 12.2. The van der Waals surface area contributed by atoms with Crippen LogP contribution in [0.1, 0.15) is 27.6 Å². The lowest BCUT2D eigenvalue weighted by Crippen LogP contribution is -2.30. The number of benzene rings is 1. The van der Waals surface area contributed by atoms with Gasteiger partial charge in [0.2, 0.25) is 0 Å². The van der Waals surface area contributed by atoms with Gasteiger partial charge in [0, 0.05) is 12.1 Å². The van der Waals surface area contributed by atoms with Crippen LogP contribution in [-0.2, 0) is 9.53 Å². The maximum atomic E-state index is 12.1. The van der Waals surface area contributed by atoms with Crippen LogP contribution in [0.3, 0.4) is 0 Å². The van der Waals surface area contributed by atoms with Gasteiger partial charge in [-0.25, -0.2) is 4.79 Å². The summed E-state index contributed by atoms with van der Waals surface area (Å²) in [7, 11) is 0. The van der Waals surface area contributed by atoms with E-state index in [1.807, 2.05) is 0 Å². The van der Waals surface area contributed by atoms with Crippen LogP contribution in [0.4, 0.5) is 10.7 Å². The van der Waals surface area contributed by atoms with Crippen LogP contribution in [0.25, 0.3) is 0 Å². The van der Waals surface area contributed by atoms with Gasteiger partial charge in [-0.05, 0) is 24.4 Å². The Kier molecular flexibility index (Phi) is 5.90. The van der Waals surface area contributed by atoms with Gasteiger partial charge in [-0.1, -0.05) is 11.6 Å². The van der Waals surface area contributed by atoms with Crippen molar-refractivity contribution in [2.45, 2.75) is 13.0 Å². The zero-order chi connectivity index (χ0) is 19.4. The van der Waals surface area contributed by atoms with Gasteiger partial charge in [-0.2, -0.15) is 0 Å². The molecule has 11 heteroatoms. The van der Waals surface area contributed by atoms with Gasteiger partial charge < -0.3 is 15.8 Å². The molecular formula is C15H12ClN3O6S. The number of ether oxygens (including phenoxy) is 1. The third-order valence-electron chi connectivity index (χ3n) is 3.20. The molecule has 1 unspecified atom stereocenters. The van der Waals surface area contributed by atoms with Crippen LogP contribution in [0.15, 0.2) is 29.6 Å². The fourth-order valence-corrected chi connectivity index (χ4v) is 2.92. The van der Waals surface area contributed by atoms with Crippen LogP contribution >= 0.6 is 22.9 Å². The minimum Gasteiger partial charge on any atom is -0.449 e. The third kappa shape index (κ3) is 4.35. The average Bonchev–Trinajstić information content (AvgIpc) is 3.02. The predicted molar refractivity (Wildman–Crippen MR) is 94.5 cm³/mol. The number of halogens is 1. The molecule has 1 heterocycles. The Labute approximate surface area is 155 Å². The van der Waals surface area contributed by atoms with Crippen molar-refractivity contribution >= 4 is 51.4 Å². The van der Waals surface area contributed by atoms with E-state index in [0.717, 1.165) is 29.5 Å². The van der Waals surface area contributed by atoms with E-state index in [4.69, 9.17) is 22.1 Å². The molecule has 0 spiro atoms. The van der Waals surface area contributed by atoms with Crippen molar-refractivity contribution in [3.8, 4) is 0 Å². The highest BCUT2D eigenvalue weighted by Gasteiger charge is 2.23. The number of nitro benzene ring substituents is 1. The van der Waals surface area contributed by atoms with Gasteiger partial charge in [0.15, 0.2) is 6.10 Å². The molecular weight excluding hydrogens is 386 g/mol. The number of anilines is 1. The first kappa shape index (κ1) is 19.3. The number of carbonyl (C=O) groups is 3. The summed E-state index contributed by atoms with van der Waals surface area (Å²) in [5.74, 6) is -2.31. The Hall–Kier alpha value is -2.98. The maximum absolute atomic E-state index is 12.1. The Morgan fingerprint density at radius 1 is 1.31 bits per heavy atom. The van der Waals surface area contributed by atoms with E-state index < -0.39 is 28.8 Å². The summed E-state index contributed by atoms with van der Waals surface area (Å²) >= 11 is 6.93.